The summed E-state index contributed by atoms with van der Waals surface area (Å²) in [5.41, 5.74) is 1.01. The molecule has 118 valence electrons. The molecule has 0 spiro atoms. The van der Waals surface area contributed by atoms with E-state index < -0.39 is 17.8 Å². The summed E-state index contributed by atoms with van der Waals surface area (Å²) in [7, 11) is 1.64. The molecule has 1 aliphatic heterocycles. The van der Waals surface area contributed by atoms with Gasteiger partial charge in [-0.25, -0.2) is 4.39 Å². The van der Waals surface area contributed by atoms with Crippen LogP contribution in [0.5, 0.6) is 5.75 Å². The van der Waals surface area contributed by atoms with Gasteiger partial charge in [-0.05, 0) is 30.3 Å². The molecule has 2 aromatic carbocycles. The quantitative estimate of drug-likeness (QED) is 0.947. The number of hydrogen-bond acceptors (Lipinski definition) is 3. The fourth-order valence-corrected chi connectivity index (χ4v) is 2.45. The first-order valence-corrected chi connectivity index (χ1v) is 7.13. The van der Waals surface area contributed by atoms with Gasteiger partial charge in [0.05, 0.1) is 12.1 Å². The van der Waals surface area contributed by atoms with E-state index in [1.807, 2.05) is 6.07 Å². The highest BCUT2D eigenvalue weighted by atomic mass is 19.1. The minimum Gasteiger partial charge on any atom is -0.478 e. The van der Waals surface area contributed by atoms with E-state index in [-0.39, 0.29) is 12.3 Å². The molecule has 0 saturated heterocycles. The summed E-state index contributed by atoms with van der Waals surface area (Å²) in [6.45, 7) is 0. The Morgan fingerprint density at radius 3 is 2.83 bits per heavy atom. The SMILES string of the molecule is CN1C(=O)C(CC(=O)Nc2cccc(F)c2)Oc2ccccc21. The average molecular weight is 314 g/mol. The van der Waals surface area contributed by atoms with E-state index in [1.54, 1.807) is 31.3 Å². The van der Waals surface area contributed by atoms with E-state index in [0.29, 0.717) is 17.1 Å². The third-order valence-corrected chi connectivity index (χ3v) is 3.58. The third kappa shape index (κ3) is 3.15. The van der Waals surface area contributed by atoms with E-state index in [2.05, 4.69) is 5.32 Å². The summed E-state index contributed by atoms with van der Waals surface area (Å²) in [4.78, 5) is 25.8. The van der Waals surface area contributed by atoms with Crippen molar-refractivity contribution >= 4 is 23.2 Å². The third-order valence-electron chi connectivity index (χ3n) is 3.58. The second-order valence-corrected chi connectivity index (χ2v) is 5.23. The van der Waals surface area contributed by atoms with Gasteiger partial charge in [-0.15, -0.1) is 0 Å². The van der Waals surface area contributed by atoms with Crippen LogP contribution in [0, 0.1) is 5.82 Å². The zero-order chi connectivity index (χ0) is 16.4. The van der Waals surface area contributed by atoms with E-state index in [4.69, 9.17) is 4.74 Å². The van der Waals surface area contributed by atoms with Crippen molar-refractivity contribution in [2.75, 3.05) is 17.3 Å². The van der Waals surface area contributed by atoms with Gasteiger partial charge in [0.1, 0.15) is 11.6 Å². The van der Waals surface area contributed by atoms with Crippen LogP contribution in [-0.2, 0) is 9.59 Å². The second kappa shape index (κ2) is 6.08. The molecular formula is C17H15FN2O3. The first-order valence-electron chi connectivity index (χ1n) is 7.13. The van der Waals surface area contributed by atoms with Crippen molar-refractivity contribution in [3.63, 3.8) is 0 Å². The van der Waals surface area contributed by atoms with E-state index in [1.165, 1.54) is 23.1 Å². The first-order chi connectivity index (χ1) is 11.0. The van der Waals surface area contributed by atoms with Crippen molar-refractivity contribution < 1.29 is 18.7 Å². The van der Waals surface area contributed by atoms with Gasteiger partial charge in [-0.1, -0.05) is 18.2 Å². The molecule has 3 rings (SSSR count). The van der Waals surface area contributed by atoms with Crippen molar-refractivity contribution in [1.29, 1.82) is 0 Å². The number of fused-ring (bicyclic) bond motifs is 1. The molecule has 0 aliphatic carbocycles. The summed E-state index contributed by atoms with van der Waals surface area (Å²) < 4.78 is 18.7. The number of carbonyl (C=O) groups is 2. The highest BCUT2D eigenvalue weighted by Crippen LogP contribution is 2.33. The summed E-state index contributed by atoms with van der Waals surface area (Å²) in [6, 6.07) is 12.7. The smallest absolute Gasteiger partial charge is 0.268 e. The maximum Gasteiger partial charge on any atom is 0.268 e. The standard InChI is InChI=1S/C17H15FN2O3/c1-20-13-7-2-3-8-14(13)23-15(17(20)22)10-16(21)19-12-6-4-5-11(18)9-12/h2-9,15H,10H2,1H3,(H,19,21). The first kappa shape index (κ1) is 15.0. The summed E-state index contributed by atoms with van der Waals surface area (Å²) >= 11 is 0. The summed E-state index contributed by atoms with van der Waals surface area (Å²) in [5.74, 6) is -0.598. The topological polar surface area (TPSA) is 58.6 Å². The van der Waals surface area contributed by atoms with Gasteiger partial charge in [0, 0.05) is 12.7 Å². The fourth-order valence-electron chi connectivity index (χ4n) is 2.45. The minimum atomic E-state index is -0.900. The Balaban J connectivity index is 1.71. The molecule has 0 saturated carbocycles. The van der Waals surface area contributed by atoms with Crippen molar-refractivity contribution in [2.45, 2.75) is 12.5 Å². The van der Waals surface area contributed by atoms with Crippen LogP contribution in [0.1, 0.15) is 6.42 Å². The number of nitrogens with zero attached hydrogens (tertiary/aromatic N) is 1. The second-order valence-electron chi connectivity index (χ2n) is 5.23. The maximum absolute atomic E-state index is 13.1. The molecule has 1 N–H and O–H groups in total. The molecule has 2 amide bonds. The molecule has 2 aromatic rings. The van der Waals surface area contributed by atoms with Crippen LogP contribution in [0.3, 0.4) is 0 Å². The number of halogens is 1. The molecule has 5 nitrogen and oxygen atoms in total. The minimum absolute atomic E-state index is 0.145. The van der Waals surface area contributed by atoms with Gasteiger partial charge in [0.25, 0.3) is 5.91 Å². The molecule has 0 radical (unpaired) electrons. The van der Waals surface area contributed by atoms with Gasteiger partial charge in [-0.2, -0.15) is 0 Å². The van der Waals surface area contributed by atoms with Crippen LogP contribution in [0.15, 0.2) is 48.5 Å². The van der Waals surface area contributed by atoms with Crippen LogP contribution >= 0.6 is 0 Å². The summed E-state index contributed by atoms with van der Waals surface area (Å²) in [5, 5.41) is 2.56. The number of hydrogen-bond donors (Lipinski definition) is 1. The van der Waals surface area contributed by atoms with Crippen LogP contribution in [0.2, 0.25) is 0 Å². The predicted octanol–water partition coefficient (Wildman–Crippen LogP) is 2.58. The van der Waals surface area contributed by atoms with Crippen LogP contribution in [0.4, 0.5) is 15.8 Å². The molecular weight excluding hydrogens is 299 g/mol. The summed E-state index contributed by atoms with van der Waals surface area (Å²) in [6.07, 6.45) is -1.04. The number of amides is 2. The molecule has 1 atom stereocenters. The molecule has 1 unspecified atom stereocenters. The maximum atomic E-state index is 13.1. The molecule has 23 heavy (non-hydrogen) atoms. The highest BCUT2D eigenvalue weighted by Gasteiger charge is 2.33. The van der Waals surface area contributed by atoms with Crippen LogP contribution < -0.4 is 15.0 Å². The molecule has 0 bridgehead atoms. The van der Waals surface area contributed by atoms with Gasteiger partial charge < -0.3 is 15.0 Å². The Labute approximate surface area is 132 Å². The van der Waals surface area contributed by atoms with Crippen molar-refractivity contribution in [3.05, 3.63) is 54.3 Å². The molecule has 1 aliphatic rings. The zero-order valence-corrected chi connectivity index (χ0v) is 12.5. The number of anilines is 2. The lowest BCUT2D eigenvalue weighted by Gasteiger charge is -2.31. The number of ether oxygens (including phenoxy) is 1. The van der Waals surface area contributed by atoms with Crippen LogP contribution in [0.25, 0.3) is 0 Å². The fraction of sp³-hybridized carbons (Fsp3) is 0.176. The lowest BCUT2D eigenvalue weighted by atomic mass is 10.1. The number of para-hydroxylation sites is 2. The number of carbonyl (C=O) groups excluding carboxylic acids is 2. The number of rotatable bonds is 3. The lowest BCUT2D eigenvalue weighted by Crippen LogP contribution is -2.45. The molecule has 1 heterocycles. The number of nitrogens with one attached hydrogen (secondary N) is 1. The van der Waals surface area contributed by atoms with Crippen molar-refractivity contribution in [1.82, 2.24) is 0 Å². The largest absolute Gasteiger partial charge is 0.478 e. The van der Waals surface area contributed by atoms with E-state index >= 15 is 0 Å². The normalized spacial score (nSPS) is 16.5. The van der Waals surface area contributed by atoms with E-state index in [0.717, 1.165) is 0 Å². The molecule has 6 heteroatoms. The zero-order valence-electron chi connectivity index (χ0n) is 12.5. The van der Waals surface area contributed by atoms with Gasteiger partial charge >= 0.3 is 0 Å². The number of likely N-dealkylation sites (N-methyl/N-ethyl adjacent to an activating group) is 1. The Morgan fingerprint density at radius 2 is 2.04 bits per heavy atom. The van der Waals surface area contributed by atoms with Crippen LogP contribution in [-0.4, -0.2) is 25.0 Å². The Hall–Kier alpha value is -2.89. The van der Waals surface area contributed by atoms with Crippen molar-refractivity contribution in [3.8, 4) is 5.75 Å². The van der Waals surface area contributed by atoms with E-state index in [9.17, 15) is 14.0 Å². The van der Waals surface area contributed by atoms with Gasteiger partial charge in [0.15, 0.2) is 6.10 Å². The Morgan fingerprint density at radius 1 is 1.26 bits per heavy atom. The molecule has 0 aromatic heterocycles. The highest BCUT2D eigenvalue weighted by molar-refractivity contribution is 6.03. The van der Waals surface area contributed by atoms with Gasteiger partial charge in [-0.3, -0.25) is 9.59 Å². The van der Waals surface area contributed by atoms with Crippen molar-refractivity contribution in [2.24, 2.45) is 0 Å². The molecule has 0 fully saturated rings. The monoisotopic (exact) mass is 314 g/mol. The average Bonchev–Trinajstić information content (AvgIpc) is 2.52. The van der Waals surface area contributed by atoms with Gasteiger partial charge in [0.2, 0.25) is 5.91 Å². The Bertz CT molecular complexity index is 763. The lowest BCUT2D eigenvalue weighted by molar-refractivity contribution is -0.130. The Kier molecular flexibility index (Phi) is 3.97. The predicted molar refractivity (Wildman–Crippen MR) is 83.9 cm³/mol. The number of benzene rings is 2.